The number of benzene rings is 1. The Labute approximate surface area is 142 Å². The number of carbonyl (C=O) groups is 1. The molecule has 0 aliphatic carbocycles. The second kappa shape index (κ2) is 6.62. The summed E-state index contributed by atoms with van der Waals surface area (Å²) in [5.74, 6) is 0.881. The molecule has 0 spiro atoms. The van der Waals surface area contributed by atoms with E-state index < -0.39 is 18.8 Å². The van der Waals surface area contributed by atoms with Crippen LogP contribution in [-0.2, 0) is 0 Å². The fourth-order valence-corrected chi connectivity index (χ4v) is 2.70. The molecule has 2 N–H and O–H groups in total. The van der Waals surface area contributed by atoms with E-state index in [1.807, 2.05) is 36.2 Å². The molecule has 0 saturated carbocycles. The molecule has 2 aliphatic heterocycles. The van der Waals surface area contributed by atoms with E-state index in [0.29, 0.717) is 12.2 Å². The highest BCUT2D eigenvalue weighted by Gasteiger charge is 2.29. The van der Waals surface area contributed by atoms with Gasteiger partial charge in [-0.25, -0.2) is 4.79 Å². The fraction of sp³-hybridized carbons (Fsp3) is 0.294. The van der Waals surface area contributed by atoms with Gasteiger partial charge in [-0.3, -0.25) is 4.99 Å². The van der Waals surface area contributed by atoms with E-state index in [9.17, 15) is 18.0 Å². The van der Waals surface area contributed by atoms with Crippen molar-refractivity contribution in [2.24, 2.45) is 4.99 Å². The third kappa shape index (κ3) is 4.20. The van der Waals surface area contributed by atoms with Crippen molar-refractivity contribution in [3.05, 3.63) is 53.8 Å². The largest absolute Gasteiger partial charge is 0.405 e. The number of allylic oxidation sites excluding steroid dienone is 2. The second-order valence-corrected chi connectivity index (χ2v) is 5.87. The molecule has 2 heterocycles. The van der Waals surface area contributed by atoms with E-state index in [4.69, 9.17) is 0 Å². The van der Waals surface area contributed by atoms with Crippen LogP contribution in [0.5, 0.6) is 0 Å². The van der Waals surface area contributed by atoms with Gasteiger partial charge in [0.05, 0.1) is 12.6 Å². The molecular weight excluding hydrogens is 333 g/mol. The van der Waals surface area contributed by atoms with Gasteiger partial charge >= 0.3 is 12.2 Å². The highest BCUT2D eigenvalue weighted by Crippen LogP contribution is 2.31. The van der Waals surface area contributed by atoms with Crippen molar-refractivity contribution >= 4 is 17.6 Å². The minimum atomic E-state index is -4.44. The minimum Gasteiger partial charge on any atom is -0.329 e. The molecule has 2 amide bonds. The van der Waals surface area contributed by atoms with Gasteiger partial charge in [-0.05, 0) is 42.3 Å². The molecule has 0 bridgehead atoms. The van der Waals surface area contributed by atoms with Gasteiger partial charge in [0.1, 0.15) is 12.4 Å². The molecule has 1 aromatic carbocycles. The summed E-state index contributed by atoms with van der Waals surface area (Å²) in [6.45, 7) is 1.20. The van der Waals surface area contributed by atoms with Crippen molar-refractivity contribution in [3.8, 4) is 0 Å². The number of anilines is 1. The maximum Gasteiger partial charge on any atom is 0.405 e. The lowest BCUT2D eigenvalue weighted by atomic mass is 10.0. The molecule has 25 heavy (non-hydrogen) atoms. The van der Waals surface area contributed by atoms with Crippen molar-refractivity contribution < 1.29 is 18.0 Å². The predicted octanol–water partition coefficient (Wildman–Crippen LogP) is 3.60. The van der Waals surface area contributed by atoms with Crippen molar-refractivity contribution in [2.75, 3.05) is 18.4 Å². The molecule has 1 atom stereocenters. The number of amides is 2. The van der Waals surface area contributed by atoms with E-state index >= 15 is 0 Å². The SMILES string of the molecule is CC1=CC2=NCC(c3cccc(NC(=O)NCC(F)(F)F)c3)N2C=C1. The average molecular weight is 350 g/mol. The Balaban J connectivity index is 1.67. The summed E-state index contributed by atoms with van der Waals surface area (Å²) in [6.07, 6.45) is 1.50. The highest BCUT2D eigenvalue weighted by molar-refractivity contribution is 5.97. The van der Waals surface area contributed by atoms with Gasteiger partial charge in [0, 0.05) is 11.9 Å². The summed E-state index contributed by atoms with van der Waals surface area (Å²) in [4.78, 5) is 18.1. The number of urea groups is 1. The third-order valence-electron chi connectivity index (χ3n) is 3.86. The number of hydrogen-bond donors (Lipinski definition) is 2. The maximum atomic E-state index is 12.1. The van der Waals surface area contributed by atoms with Gasteiger partial charge in [-0.1, -0.05) is 12.1 Å². The number of hydrogen-bond acceptors (Lipinski definition) is 3. The first-order chi connectivity index (χ1) is 11.8. The van der Waals surface area contributed by atoms with Crippen LogP contribution in [0.3, 0.4) is 0 Å². The van der Waals surface area contributed by atoms with Crippen LogP contribution in [0.2, 0.25) is 0 Å². The molecule has 0 saturated heterocycles. The molecule has 1 unspecified atom stereocenters. The molecule has 132 valence electrons. The number of nitrogens with zero attached hydrogens (tertiary/aromatic N) is 2. The molecule has 8 heteroatoms. The van der Waals surface area contributed by atoms with Crippen molar-refractivity contribution in [2.45, 2.75) is 19.1 Å². The Kier molecular flexibility index (Phi) is 4.52. The van der Waals surface area contributed by atoms with Gasteiger partial charge in [-0.15, -0.1) is 0 Å². The fourth-order valence-electron chi connectivity index (χ4n) is 2.70. The van der Waals surface area contributed by atoms with E-state index in [1.54, 1.807) is 23.5 Å². The molecule has 0 fully saturated rings. The third-order valence-corrected chi connectivity index (χ3v) is 3.86. The molecule has 2 aliphatic rings. The standard InChI is InChI=1S/C17H17F3N4O/c1-11-5-6-24-14(9-21-15(24)7-11)12-3-2-4-13(8-12)23-16(25)22-10-17(18,19)20/h2-8,14H,9-10H2,1H3,(H2,22,23,25). The van der Waals surface area contributed by atoms with Crippen LogP contribution in [0, 0.1) is 0 Å². The number of rotatable bonds is 3. The van der Waals surface area contributed by atoms with E-state index in [-0.39, 0.29) is 6.04 Å². The first-order valence-electron chi connectivity index (χ1n) is 7.73. The van der Waals surface area contributed by atoms with E-state index in [0.717, 1.165) is 17.0 Å². The summed E-state index contributed by atoms with van der Waals surface area (Å²) >= 11 is 0. The lowest BCUT2D eigenvalue weighted by Gasteiger charge is -2.26. The summed E-state index contributed by atoms with van der Waals surface area (Å²) in [7, 11) is 0. The number of fused-ring (bicyclic) bond motifs is 1. The van der Waals surface area contributed by atoms with E-state index in [1.165, 1.54) is 0 Å². The van der Waals surface area contributed by atoms with Gasteiger partial charge in [0.2, 0.25) is 0 Å². The van der Waals surface area contributed by atoms with Crippen LogP contribution in [0.4, 0.5) is 23.7 Å². The zero-order valence-corrected chi connectivity index (χ0v) is 13.5. The summed E-state index contributed by atoms with van der Waals surface area (Å²) in [5.41, 5.74) is 2.47. The summed E-state index contributed by atoms with van der Waals surface area (Å²) in [5, 5.41) is 4.20. The molecule has 5 nitrogen and oxygen atoms in total. The predicted molar refractivity (Wildman–Crippen MR) is 89.3 cm³/mol. The van der Waals surface area contributed by atoms with Crippen molar-refractivity contribution in [1.82, 2.24) is 10.2 Å². The Morgan fingerprint density at radius 3 is 2.96 bits per heavy atom. The number of nitrogens with one attached hydrogen (secondary N) is 2. The zero-order valence-electron chi connectivity index (χ0n) is 13.5. The molecule has 3 rings (SSSR count). The second-order valence-electron chi connectivity index (χ2n) is 5.87. The van der Waals surface area contributed by atoms with Crippen molar-refractivity contribution in [1.29, 1.82) is 0 Å². The first-order valence-corrected chi connectivity index (χ1v) is 7.73. The lowest BCUT2D eigenvalue weighted by Crippen LogP contribution is -2.36. The molecular formula is C17H17F3N4O. The van der Waals surface area contributed by atoms with Gasteiger partial charge < -0.3 is 15.5 Å². The van der Waals surface area contributed by atoms with E-state index in [2.05, 4.69) is 10.3 Å². The Hall–Kier alpha value is -2.77. The van der Waals surface area contributed by atoms with Gasteiger partial charge in [-0.2, -0.15) is 13.2 Å². The number of carbonyl (C=O) groups excluding carboxylic acids is 1. The molecule has 0 radical (unpaired) electrons. The number of amidine groups is 1. The topological polar surface area (TPSA) is 56.7 Å². The Bertz CT molecular complexity index is 767. The Morgan fingerprint density at radius 1 is 1.40 bits per heavy atom. The molecule has 1 aromatic rings. The normalized spacial score (nSPS) is 19.2. The maximum absolute atomic E-state index is 12.1. The number of aliphatic imine (C=N–C) groups is 1. The zero-order chi connectivity index (χ0) is 18.0. The van der Waals surface area contributed by atoms with Crippen LogP contribution >= 0.6 is 0 Å². The number of alkyl halides is 3. The van der Waals surface area contributed by atoms with Crippen LogP contribution in [0.15, 0.2) is 53.2 Å². The number of halogens is 3. The van der Waals surface area contributed by atoms with Crippen LogP contribution in [0.25, 0.3) is 0 Å². The highest BCUT2D eigenvalue weighted by atomic mass is 19.4. The Morgan fingerprint density at radius 2 is 2.20 bits per heavy atom. The summed E-state index contributed by atoms with van der Waals surface area (Å²) < 4.78 is 36.4. The smallest absolute Gasteiger partial charge is 0.329 e. The quantitative estimate of drug-likeness (QED) is 0.875. The average Bonchev–Trinajstić information content (AvgIpc) is 2.95. The summed E-state index contributed by atoms with van der Waals surface area (Å²) in [6, 6.07) is 6.13. The monoisotopic (exact) mass is 350 g/mol. The first kappa shape index (κ1) is 17.1. The van der Waals surface area contributed by atoms with Crippen molar-refractivity contribution in [3.63, 3.8) is 0 Å². The van der Waals surface area contributed by atoms with Gasteiger partial charge in [0.25, 0.3) is 0 Å². The van der Waals surface area contributed by atoms with Crippen LogP contribution in [-0.4, -0.2) is 36.0 Å². The lowest BCUT2D eigenvalue weighted by molar-refractivity contribution is -0.122. The van der Waals surface area contributed by atoms with Gasteiger partial charge in [0.15, 0.2) is 0 Å². The van der Waals surface area contributed by atoms with Crippen LogP contribution < -0.4 is 10.6 Å². The van der Waals surface area contributed by atoms with Crippen LogP contribution in [0.1, 0.15) is 18.5 Å². The molecule has 0 aromatic heterocycles. The minimum absolute atomic E-state index is 0.00409.